The number of ether oxygens (including phenoxy) is 3. The first-order chi connectivity index (χ1) is 12.1. The smallest absolute Gasteiger partial charge is 0.342 e. The largest absolute Gasteiger partial charge is 0.488 e. The molecule has 25 heavy (non-hydrogen) atoms. The van der Waals surface area contributed by atoms with Crippen molar-refractivity contribution in [3.05, 3.63) is 77.9 Å². The zero-order chi connectivity index (χ0) is 18.1. The van der Waals surface area contributed by atoms with Gasteiger partial charge in [0, 0.05) is 0 Å². The van der Waals surface area contributed by atoms with E-state index in [1.807, 2.05) is 30.3 Å². The maximum absolute atomic E-state index is 12.3. The standard InChI is InChI=1S/C20H20O5/c1-3-23-19(21)15(2)13-24-18-12-8-7-11-17(18)20(22)25-14-16-9-5-4-6-10-16/h4-12H,2-3,13-14H2,1H3. The van der Waals surface area contributed by atoms with Gasteiger partial charge in [-0.1, -0.05) is 49.0 Å². The number of hydrogen-bond donors (Lipinski definition) is 0. The molecule has 0 amide bonds. The Kier molecular flexibility index (Phi) is 6.77. The Hall–Kier alpha value is -3.08. The Bertz CT molecular complexity index is 737. The molecule has 2 aromatic rings. The van der Waals surface area contributed by atoms with Crippen LogP contribution in [0.2, 0.25) is 0 Å². The molecule has 0 aliphatic heterocycles. The highest BCUT2D eigenvalue weighted by Crippen LogP contribution is 2.20. The number of carbonyl (C=O) groups is 2. The average molecular weight is 340 g/mol. The lowest BCUT2D eigenvalue weighted by molar-refractivity contribution is -0.138. The van der Waals surface area contributed by atoms with E-state index in [2.05, 4.69) is 6.58 Å². The minimum absolute atomic E-state index is 0.0676. The predicted octanol–water partition coefficient (Wildman–Crippen LogP) is 3.54. The maximum atomic E-state index is 12.3. The Balaban J connectivity index is 1.98. The lowest BCUT2D eigenvalue weighted by Gasteiger charge is -2.12. The van der Waals surface area contributed by atoms with Gasteiger partial charge in [-0.2, -0.15) is 0 Å². The summed E-state index contributed by atoms with van der Waals surface area (Å²) in [4.78, 5) is 23.9. The molecular formula is C20H20O5. The molecular weight excluding hydrogens is 320 g/mol. The molecule has 0 heterocycles. The van der Waals surface area contributed by atoms with Gasteiger partial charge in [-0.15, -0.1) is 0 Å². The fourth-order valence-corrected chi connectivity index (χ4v) is 2.02. The fourth-order valence-electron chi connectivity index (χ4n) is 2.02. The SMILES string of the molecule is C=C(COc1ccccc1C(=O)OCc1ccccc1)C(=O)OCC. The van der Waals surface area contributed by atoms with E-state index in [-0.39, 0.29) is 31.0 Å². The number of esters is 2. The van der Waals surface area contributed by atoms with E-state index in [4.69, 9.17) is 14.2 Å². The van der Waals surface area contributed by atoms with Crippen molar-refractivity contribution in [3.63, 3.8) is 0 Å². The van der Waals surface area contributed by atoms with Gasteiger partial charge in [0.1, 0.15) is 24.5 Å². The van der Waals surface area contributed by atoms with Crippen molar-refractivity contribution in [1.29, 1.82) is 0 Å². The number of benzene rings is 2. The number of para-hydroxylation sites is 1. The molecule has 0 aliphatic rings. The zero-order valence-corrected chi connectivity index (χ0v) is 14.1. The molecule has 0 N–H and O–H groups in total. The molecule has 0 aromatic heterocycles. The summed E-state index contributed by atoms with van der Waals surface area (Å²) in [5, 5.41) is 0. The first-order valence-electron chi connectivity index (χ1n) is 7.89. The van der Waals surface area contributed by atoms with Crippen LogP contribution in [0.4, 0.5) is 0 Å². The van der Waals surface area contributed by atoms with Crippen molar-refractivity contribution in [3.8, 4) is 5.75 Å². The minimum atomic E-state index is -0.522. The van der Waals surface area contributed by atoms with Crippen molar-refractivity contribution in [2.24, 2.45) is 0 Å². The number of rotatable bonds is 8. The van der Waals surface area contributed by atoms with E-state index in [0.29, 0.717) is 5.75 Å². The lowest BCUT2D eigenvalue weighted by Crippen LogP contribution is -2.14. The first kappa shape index (κ1) is 18.3. The predicted molar refractivity (Wildman–Crippen MR) is 93.3 cm³/mol. The van der Waals surface area contributed by atoms with Gasteiger partial charge in [-0.25, -0.2) is 9.59 Å². The molecule has 2 rings (SSSR count). The average Bonchev–Trinajstić information content (AvgIpc) is 2.65. The minimum Gasteiger partial charge on any atom is -0.488 e. The zero-order valence-electron chi connectivity index (χ0n) is 14.1. The normalized spacial score (nSPS) is 9.96. The van der Waals surface area contributed by atoms with E-state index >= 15 is 0 Å². The molecule has 0 unspecified atom stereocenters. The second-order valence-electron chi connectivity index (χ2n) is 5.17. The third-order valence-electron chi connectivity index (χ3n) is 3.29. The summed E-state index contributed by atoms with van der Waals surface area (Å²) in [5.41, 5.74) is 1.36. The van der Waals surface area contributed by atoms with Crippen molar-refractivity contribution in [2.75, 3.05) is 13.2 Å². The summed E-state index contributed by atoms with van der Waals surface area (Å²) < 4.78 is 15.7. The topological polar surface area (TPSA) is 61.8 Å². The molecule has 2 aromatic carbocycles. The lowest BCUT2D eigenvalue weighted by atomic mass is 10.2. The van der Waals surface area contributed by atoms with Gasteiger partial charge in [0.05, 0.1) is 12.2 Å². The highest BCUT2D eigenvalue weighted by molar-refractivity contribution is 5.92. The Labute approximate surface area is 146 Å². The molecule has 0 saturated carbocycles. The Morgan fingerprint density at radius 2 is 1.64 bits per heavy atom. The first-order valence-corrected chi connectivity index (χ1v) is 7.89. The molecule has 5 heteroatoms. The third-order valence-corrected chi connectivity index (χ3v) is 3.29. The van der Waals surface area contributed by atoms with Crippen molar-refractivity contribution in [2.45, 2.75) is 13.5 Å². The third kappa shape index (κ3) is 5.49. The molecule has 0 atom stereocenters. The van der Waals surface area contributed by atoms with Crippen LogP contribution in [0.15, 0.2) is 66.7 Å². The number of carbonyl (C=O) groups excluding carboxylic acids is 2. The van der Waals surface area contributed by atoms with E-state index in [1.54, 1.807) is 31.2 Å². The summed E-state index contributed by atoms with van der Waals surface area (Å²) in [6, 6.07) is 16.1. The molecule has 0 spiro atoms. The van der Waals surface area contributed by atoms with Gasteiger partial charge in [0.25, 0.3) is 0 Å². The van der Waals surface area contributed by atoms with Gasteiger partial charge in [0.2, 0.25) is 0 Å². The van der Waals surface area contributed by atoms with Crippen LogP contribution in [0.5, 0.6) is 5.75 Å². The van der Waals surface area contributed by atoms with E-state index in [1.165, 1.54) is 0 Å². The summed E-state index contributed by atoms with van der Waals surface area (Å²) in [6.45, 7) is 5.70. The van der Waals surface area contributed by atoms with E-state index in [9.17, 15) is 9.59 Å². The number of hydrogen-bond acceptors (Lipinski definition) is 5. The molecule has 0 saturated heterocycles. The van der Waals surface area contributed by atoms with Crippen LogP contribution >= 0.6 is 0 Å². The maximum Gasteiger partial charge on any atom is 0.342 e. The summed E-state index contributed by atoms with van der Waals surface area (Å²) in [7, 11) is 0. The van der Waals surface area contributed by atoms with Crippen LogP contribution in [0.1, 0.15) is 22.8 Å². The fraction of sp³-hybridized carbons (Fsp3) is 0.200. The molecule has 5 nitrogen and oxygen atoms in total. The van der Waals surface area contributed by atoms with Crippen molar-refractivity contribution in [1.82, 2.24) is 0 Å². The Morgan fingerprint density at radius 1 is 0.960 bits per heavy atom. The summed E-state index contributed by atoms with van der Waals surface area (Å²) in [6.07, 6.45) is 0. The molecule has 0 bridgehead atoms. The van der Waals surface area contributed by atoms with E-state index < -0.39 is 11.9 Å². The second-order valence-corrected chi connectivity index (χ2v) is 5.17. The molecule has 130 valence electrons. The molecule has 0 fully saturated rings. The monoisotopic (exact) mass is 340 g/mol. The quantitative estimate of drug-likeness (QED) is 0.543. The van der Waals surface area contributed by atoms with Crippen LogP contribution in [-0.2, 0) is 20.9 Å². The second kappa shape index (κ2) is 9.27. The van der Waals surface area contributed by atoms with Gasteiger partial charge < -0.3 is 14.2 Å². The van der Waals surface area contributed by atoms with Crippen LogP contribution in [0, 0.1) is 0 Å². The van der Waals surface area contributed by atoms with Crippen LogP contribution < -0.4 is 4.74 Å². The van der Waals surface area contributed by atoms with Crippen LogP contribution in [0.25, 0.3) is 0 Å². The Morgan fingerprint density at radius 3 is 2.36 bits per heavy atom. The van der Waals surface area contributed by atoms with Gasteiger partial charge in [-0.05, 0) is 24.6 Å². The van der Waals surface area contributed by atoms with Gasteiger partial charge in [0.15, 0.2) is 0 Å². The highest BCUT2D eigenvalue weighted by atomic mass is 16.5. The van der Waals surface area contributed by atoms with Crippen LogP contribution in [-0.4, -0.2) is 25.2 Å². The van der Waals surface area contributed by atoms with Gasteiger partial charge >= 0.3 is 11.9 Å². The molecule has 0 aliphatic carbocycles. The van der Waals surface area contributed by atoms with Crippen molar-refractivity contribution >= 4 is 11.9 Å². The van der Waals surface area contributed by atoms with Crippen molar-refractivity contribution < 1.29 is 23.8 Å². The highest BCUT2D eigenvalue weighted by Gasteiger charge is 2.15. The van der Waals surface area contributed by atoms with Crippen LogP contribution in [0.3, 0.4) is 0 Å². The summed E-state index contributed by atoms with van der Waals surface area (Å²) in [5.74, 6) is -0.696. The molecule has 0 radical (unpaired) electrons. The summed E-state index contributed by atoms with van der Waals surface area (Å²) >= 11 is 0. The van der Waals surface area contributed by atoms with E-state index in [0.717, 1.165) is 5.56 Å². The van der Waals surface area contributed by atoms with Gasteiger partial charge in [-0.3, -0.25) is 0 Å².